The number of nitrogens with one attached hydrogen (secondary N) is 1. The van der Waals surface area contributed by atoms with Crippen LogP contribution < -0.4 is 5.32 Å². The Bertz CT molecular complexity index is 388. The van der Waals surface area contributed by atoms with E-state index in [1.54, 1.807) is 18.4 Å². The Morgan fingerprint density at radius 1 is 1.36 bits per heavy atom. The summed E-state index contributed by atoms with van der Waals surface area (Å²) in [6.45, 7) is 6.44. The van der Waals surface area contributed by atoms with E-state index < -0.39 is 0 Å². The lowest BCUT2D eigenvalue weighted by molar-refractivity contribution is 0.0747. The van der Waals surface area contributed by atoms with Gasteiger partial charge in [0.1, 0.15) is 0 Å². The molecular formula is C15H28IN3O2S. The molecule has 0 aliphatic heterocycles. The van der Waals surface area contributed by atoms with Crippen LogP contribution in [0, 0.1) is 0 Å². The van der Waals surface area contributed by atoms with Crippen molar-refractivity contribution in [2.75, 3.05) is 53.6 Å². The summed E-state index contributed by atoms with van der Waals surface area (Å²) in [4.78, 5) is 8.15. The number of nitrogens with zero attached hydrogens (tertiary/aromatic N) is 2. The summed E-state index contributed by atoms with van der Waals surface area (Å²) in [6.07, 6.45) is 1.04. The lowest BCUT2D eigenvalue weighted by Gasteiger charge is -2.21. The minimum absolute atomic E-state index is 0. The monoisotopic (exact) mass is 441 g/mol. The lowest BCUT2D eigenvalue weighted by atomic mass is 10.3. The smallest absolute Gasteiger partial charge is 0.193 e. The van der Waals surface area contributed by atoms with Gasteiger partial charge in [0, 0.05) is 32.1 Å². The van der Waals surface area contributed by atoms with E-state index in [4.69, 9.17) is 9.47 Å². The summed E-state index contributed by atoms with van der Waals surface area (Å²) in [5.74, 6) is 0.935. The zero-order chi connectivity index (χ0) is 15.3. The number of rotatable bonds is 10. The summed E-state index contributed by atoms with van der Waals surface area (Å²) >= 11 is 1.80. The molecule has 1 aromatic heterocycles. The van der Waals surface area contributed by atoms with E-state index >= 15 is 0 Å². The van der Waals surface area contributed by atoms with Crippen molar-refractivity contribution in [3.63, 3.8) is 0 Å². The van der Waals surface area contributed by atoms with Crippen molar-refractivity contribution in [2.24, 2.45) is 4.99 Å². The van der Waals surface area contributed by atoms with E-state index in [0.717, 1.165) is 25.5 Å². The molecule has 0 saturated heterocycles. The fourth-order valence-electron chi connectivity index (χ4n) is 1.77. The van der Waals surface area contributed by atoms with Gasteiger partial charge in [0.25, 0.3) is 0 Å². The predicted molar refractivity (Wildman–Crippen MR) is 105 cm³/mol. The van der Waals surface area contributed by atoms with Gasteiger partial charge in [0.15, 0.2) is 5.96 Å². The Morgan fingerprint density at radius 2 is 2.18 bits per heavy atom. The Hall–Kier alpha value is -0.380. The van der Waals surface area contributed by atoms with Crippen LogP contribution in [0.5, 0.6) is 0 Å². The minimum Gasteiger partial charge on any atom is -0.382 e. The molecule has 1 heterocycles. The highest BCUT2D eigenvalue weighted by Gasteiger charge is 2.05. The molecule has 0 aliphatic rings. The van der Waals surface area contributed by atoms with E-state index in [9.17, 15) is 0 Å². The zero-order valence-electron chi connectivity index (χ0n) is 13.7. The highest BCUT2D eigenvalue weighted by molar-refractivity contribution is 14.0. The van der Waals surface area contributed by atoms with E-state index in [0.29, 0.717) is 26.4 Å². The number of thiophene rings is 1. The first-order valence-electron chi connectivity index (χ1n) is 7.36. The average molecular weight is 441 g/mol. The van der Waals surface area contributed by atoms with Gasteiger partial charge in [-0.25, -0.2) is 0 Å². The third kappa shape index (κ3) is 9.60. The summed E-state index contributed by atoms with van der Waals surface area (Å²) in [6, 6.07) is 4.27. The molecule has 0 fully saturated rings. The number of halogens is 1. The van der Waals surface area contributed by atoms with Gasteiger partial charge in [0.05, 0.1) is 26.4 Å². The van der Waals surface area contributed by atoms with Crippen molar-refractivity contribution in [3.8, 4) is 0 Å². The largest absolute Gasteiger partial charge is 0.382 e. The maximum atomic E-state index is 5.42. The number of guanidine groups is 1. The number of methoxy groups -OCH3 is 1. The Morgan fingerprint density at radius 3 is 2.82 bits per heavy atom. The number of aliphatic imine (C=N–C) groups is 1. The normalized spacial score (nSPS) is 11.1. The summed E-state index contributed by atoms with van der Waals surface area (Å²) in [5.41, 5.74) is 0. The summed E-state index contributed by atoms with van der Waals surface area (Å²) in [5, 5.41) is 5.43. The number of ether oxygens (including phenoxy) is 2. The van der Waals surface area contributed by atoms with Gasteiger partial charge in [-0.15, -0.1) is 35.3 Å². The van der Waals surface area contributed by atoms with Crippen LogP contribution in [-0.4, -0.2) is 64.5 Å². The molecule has 5 nitrogen and oxygen atoms in total. The quantitative estimate of drug-likeness (QED) is 0.262. The molecule has 0 saturated carbocycles. The van der Waals surface area contributed by atoms with Crippen molar-refractivity contribution in [2.45, 2.75) is 13.3 Å². The molecule has 7 heteroatoms. The predicted octanol–water partition coefficient (Wildman–Crippen LogP) is 2.47. The molecule has 0 atom stereocenters. The van der Waals surface area contributed by atoms with Gasteiger partial charge in [0.2, 0.25) is 0 Å². The molecule has 1 aromatic rings. The van der Waals surface area contributed by atoms with Gasteiger partial charge in [-0.3, -0.25) is 4.99 Å². The highest BCUT2D eigenvalue weighted by atomic mass is 127. The molecule has 0 aliphatic carbocycles. The van der Waals surface area contributed by atoms with Crippen LogP contribution in [0.15, 0.2) is 22.5 Å². The second-order valence-corrected chi connectivity index (χ2v) is 5.62. The molecule has 22 heavy (non-hydrogen) atoms. The van der Waals surface area contributed by atoms with Crippen LogP contribution in [-0.2, 0) is 15.9 Å². The minimum atomic E-state index is 0. The standard InChI is InChI=1S/C15H27N3O2S.HI/c1-4-16-15(17-8-10-20-12-11-19-3)18(2)9-7-14-6-5-13-21-14;/h5-6,13H,4,7-12H2,1-3H3,(H,16,17);1H. The lowest BCUT2D eigenvalue weighted by Crippen LogP contribution is -2.40. The fraction of sp³-hybridized carbons (Fsp3) is 0.667. The van der Waals surface area contributed by atoms with E-state index in [2.05, 4.69) is 46.7 Å². The Balaban J connectivity index is 0.00000441. The molecule has 0 radical (unpaired) electrons. The molecule has 1 rings (SSSR count). The van der Waals surface area contributed by atoms with E-state index in [1.807, 2.05) is 0 Å². The number of hydrogen-bond donors (Lipinski definition) is 1. The first-order valence-corrected chi connectivity index (χ1v) is 8.24. The number of hydrogen-bond acceptors (Lipinski definition) is 4. The molecule has 0 bridgehead atoms. The maximum absolute atomic E-state index is 5.42. The van der Waals surface area contributed by atoms with Crippen LogP contribution in [0.2, 0.25) is 0 Å². The van der Waals surface area contributed by atoms with Crippen LogP contribution in [0.4, 0.5) is 0 Å². The van der Waals surface area contributed by atoms with E-state index in [1.165, 1.54) is 4.88 Å². The van der Waals surface area contributed by atoms with Crippen LogP contribution in [0.3, 0.4) is 0 Å². The molecule has 0 amide bonds. The summed E-state index contributed by atoms with van der Waals surface area (Å²) in [7, 11) is 3.74. The third-order valence-electron chi connectivity index (χ3n) is 2.90. The van der Waals surface area contributed by atoms with Crippen LogP contribution in [0.1, 0.15) is 11.8 Å². The Labute approximate surface area is 155 Å². The average Bonchev–Trinajstić information content (AvgIpc) is 3.00. The van der Waals surface area contributed by atoms with Crippen molar-refractivity contribution < 1.29 is 9.47 Å². The van der Waals surface area contributed by atoms with E-state index in [-0.39, 0.29) is 24.0 Å². The fourth-order valence-corrected chi connectivity index (χ4v) is 2.47. The topological polar surface area (TPSA) is 46.1 Å². The van der Waals surface area contributed by atoms with Crippen molar-refractivity contribution in [1.82, 2.24) is 10.2 Å². The number of likely N-dealkylation sites (N-methyl/N-ethyl adjacent to an activating group) is 1. The second kappa shape index (κ2) is 14.2. The van der Waals surface area contributed by atoms with Crippen molar-refractivity contribution in [1.29, 1.82) is 0 Å². The maximum Gasteiger partial charge on any atom is 0.193 e. The molecular weight excluding hydrogens is 413 g/mol. The Kier molecular flexibility index (Phi) is 14.0. The van der Waals surface area contributed by atoms with Gasteiger partial charge in [-0.2, -0.15) is 0 Å². The van der Waals surface area contributed by atoms with Gasteiger partial charge in [-0.05, 0) is 24.8 Å². The van der Waals surface area contributed by atoms with Crippen molar-refractivity contribution >= 4 is 41.3 Å². The molecule has 0 aromatic carbocycles. The SMILES string of the molecule is CCNC(=NCCOCCOC)N(C)CCc1cccs1.I. The molecule has 128 valence electrons. The van der Waals surface area contributed by atoms with Crippen molar-refractivity contribution in [3.05, 3.63) is 22.4 Å². The van der Waals surface area contributed by atoms with Gasteiger partial charge < -0.3 is 19.7 Å². The van der Waals surface area contributed by atoms with Crippen LogP contribution >= 0.6 is 35.3 Å². The molecule has 0 unspecified atom stereocenters. The molecule has 1 N–H and O–H groups in total. The van der Waals surface area contributed by atoms with Crippen LogP contribution in [0.25, 0.3) is 0 Å². The first kappa shape index (κ1) is 21.6. The van der Waals surface area contributed by atoms with Gasteiger partial charge >= 0.3 is 0 Å². The summed E-state index contributed by atoms with van der Waals surface area (Å²) < 4.78 is 10.4. The second-order valence-electron chi connectivity index (χ2n) is 4.59. The zero-order valence-corrected chi connectivity index (χ0v) is 16.9. The van der Waals surface area contributed by atoms with Gasteiger partial charge in [-0.1, -0.05) is 6.07 Å². The third-order valence-corrected chi connectivity index (χ3v) is 3.84. The molecule has 0 spiro atoms. The highest BCUT2D eigenvalue weighted by Crippen LogP contribution is 2.09. The first-order chi connectivity index (χ1) is 10.3.